The molecule has 0 saturated carbocycles. The topological polar surface area (TPSA) is 34.1 Å². The summed E-state index contributed by atoms with van der Waals surface area (Å²) in [5, 5.41) is 0. The summed E-state index contributed by atoms with van der Waals surface area (Å²) in [6.45, 7) is 0. The SMILES string of the molecule is O=S(=O)(CF)c1ccccc1F. The predicted octanol–water partition coefficient (Wildman–Crippen LogP) is 1.53. The summed E-state index contributed by atoms with van der Waals surface area (Å²) in [5.41, 5.74) is 0. The van der Waals surface area contributed by atoms with Gasteiger partial charge in [-0.05, 0) is 12.1 Å². The van der Waals surface area contributed by atoms with E-state index in [1.165, 1.54) is 12.1 Å². The molecular weight excluding hydrogens is 186 g/mol. The quantitative estimate of drug-likeness (QED) is 0.712. The molecule has 0 aliphatic rings. The minimum absolute atomic E-state index is 0.590. The van der Waals surface area contributed by atoms with Gasteiger partial charge in [-0.15, -0.1) is 0 Å². The number of halogens is 2. The van der Waals surface area contributed by atoms with Crippen LogP contribution in [0.4, 0.5) is 8.78 Å². The van der Waals surface area contributed by atoms with Crippen molar-refractivity contribution in [2.24, 2.45) is 0 Å². The van der Waals surface area contributed by atoms with Crippen molar-refractivity contribution in [2.45, 2.75) is 4.90 Å². The lowest BCUT2D eigenvalue weighted by Gasteiger charge is -1.99. The van der Waals surface area contributed by atoms with Crippen molar-refractivity contribution >= 4 is 9.84 Å². The lowest BCUT2D eigenvalue weighted by molar-refractivity contribution is 0.523. The first-order valence-electron chi connectivity index (χ1n) is 3.11. The van der Waals surface area contributed by atoms with Gasteiger partial charge in [0.25, 0.3) is 0 Å². The van der Waals surface area contributed by atoms with Gasteiger partial charge in [0, 0.05) is 0 Å². The van der Waals surface area contributed by atoms with Crippen LogP contribution < -0.4 is 0 Å². The molecule has 0 N–H and O–H groups in total. The molecule has 0 bridgehead atoms. The third-order valence-electron chi connectivity index (χ3n) is 1.32. The first-order valence-corrected chi connectivity index (χ1v) is 4.76. The summed E-state index contributed by atoms with van der Waals surface area (Å²) >= 11 is 0. The Balaban J connectivity index is 3.30. The van der Waals surface area contributed by atoms with Gasteiger partial charge in [-0.25, -0.2) is 17.2 Å². The maximum absolute atomic E-state index is 12.7. The van der Waals surface area contributed by atoms with Crippen molar-refractivity contribution in [2.75, 3.05) is 6.01 Å². The van der Waals surface area contributed by atoms with E-state index < -0.39 is 26.6 Å². The Kier molecular flexibility index (Phi) is 2.42. The summed E-state index contributed by atoms with van der Waals surface area (Å²) in [7, 11) is -4.07. The fourth-order valence-electron chi connectivity index (χ4n) is 0.756. The molecule has 0 atom stereocenters. The van der Waals surface area contributed by atoms with Gasteiger partial charge in [-0.1, -0.05) is 12.1 Å². The molecule has 0 amide bonds. The number of benzene rings is 1. The highest BCUT2D eigenvalue weighted by atomic mass is 32.2. The summed E-state index contributed by atoms with van der Waals surface area (Å²) < 4.78 is 46.2. The van der Waals surface area contributed by atoms with Gasteiger partial charge in [-0.2, -0.15) is 0 Å². The zero-order valence-corrected chi connectivity index (χ0v) is 6.81. The van der Waals surface area contributed by atoms with E-state index in [4.69, 9.17) is 0 Å². The van der Waals surface area contributed by atoms with Crippen LogP contribution in [-0.4, -0.2) is 14.4 Å². The van der Waals surface area contributed by atoms with Gasteiger partial charge >= 0.3 is 0 Å². The van der Waals surface area contributed by atoms with Crippen molar-refractivity contribution in [3.8, 4) is 0 Å². The Bertz CT molecular complexity index is 373. The number of alkyl halides is 1. The third-order valence-corrected chi connectivity index (χ3v) is 2.60. The number of sulfone groups is 1. The second-order valence-electron chi connectivity index (χ2n) is 2.15. The lowest BCUT2D eigenvalue weighted by Crippen LogP contribution is -2.04. The highest BCUT2D eigenvalue weighted by Crippen LogP contribution is 2.14. The lowest BCUT2D eigenvalue weighted by atomic mass is 10.4. The molecule has 1 aromatic carbocycles. The van der Waals surface area contributed by atoms with Gasteiger partial charge < -0.3 is 0 Å². The van der Waals surface area contributed by atoms with Crippen molar-refractivity contribution < 1.29 is 17.2 Å². The number of rotatable bonds is 2. The summed E-state index contributed by atoms with van der Waals surface area (Å²) in [5.74, 6) is -0.921. The molecule has 5 heteroatoms. The molecule has 0 fully saturated rings. The summed E-state index contributed by atoms with van der Waals surface area (Å²) in [6, 6.07) is 3.11. The second kappa shape index (κ2) is 3.18. The molecule has 0 aromatic heterocycles. The van der Waals surface area contributed by atoms with E-state index in [0.717, 1.165) is 12.1 Å². The van der Waals surface area contributed by atoms with Crippen LogP contribution in [0.15, 0.2) is 29.2 Å². The number of hydrogen-bond donors (Lipinski definition) is 0. The Morgan fingerprint density at radius 3 is 2.33 bits per heavy atom. The smallest absolute Gasteiger partial charge is 0.210 e. The normalized spacial score (nSPS) is 11.5. The molecule has 66 valence electrons. The van der Waals surface area contributed by atoms with Gasteiger partial charge in [0.1, 0.15) is 10.7 Å². The van der Waals surface area contributed by atoms with E-state index in [1.54, 1.807) is 0 Å². The molecule has 0 aliphatic heterocycles. The molecule has 12 heavy (non-hydrogen) atoms. The first-order chi connectivity index (χ1) is 5.58. The van der Waals surface area contributed by atoms with E-state index in [9.17, 15) is 17.2 Å². The minimum atomic E-state index is -4.07. The van der Waals surface area contributed by atoms with Crippen LogP contribution in [0.1, 0.15) is 0 Å². The van der Waals surface area contributed by atoms with Crippen LogP contribution in [0.5, 0.6) is 0 Å². The highest BCUT2D eigenvalue weighted by molar-refractivity contribution is 7.91. The van der Waals surface area contributed by atoms with Crippen LogP contribution in [0, 0.1) is 5.82 Å². The van der Waals surface area contributed by atoms with Crippen LogP contribution in [0.25, 0.3) is 0 Å². The van der Waals surface area contributed by atoms with Gasteiger partial charge in [0.15, 0.2) is 6.01 Å². The first kappa shape index (κ1) is 9.12. The molecule has 1 rings (SSSR count). The molecule has 1 aromatic rings. The Morgan fingerprint density at radius 1 is 1.25 bits per heavy atom. The van der Waals surface area contributed by atoms with Crippen molar-refractivity contribution in [1.82, 2.24) is 0 Å². The molecule has 2 nitrogen and oxygen atoms in total. The monoisotopic (exact) mass is 192 g/mol. The van der Waals surface area contributed by atoms with Gasteiger partial charge in [0.05, 0.1) is 0 Å². The molecule has 0 aliphatic carbocycles. The summed E-state index contributed by atoms with van der Waals surface area (Å²) in [6.07, 6.45) is 0. The summed E-state index contributed by atoms with van der Waals surface area (Å²) in [4.78, 5) is -0.590. The molecular formula is C7H6F2O2S. The largest absolute Gasteiger partial charge is 0.233 e. The predicted molar refractivity (Wildman–Crippen MR) is 39.6 cm³/mol. The van der Waals surface area contributed by atoms with Gasteiger partial charge in [-0.3, -0.25) is 0 Å². The average molecular weight is 192 g/mol. The average Bonchev–Trinajstić information content (AvgIpc) is 2.05. The van der Waals surface area contributed by atoms with Crippen molar-refractivity contribution in [3.05, 3.63) is 30.1 Å². The van der Waals surface area contributed by atoms with E-state index in [0.29, 0.717) is 0 Å². The Hall–Kier alpha value is -0.970. The van der Waals surface area contributed by atoms with Crippen molar-refractivity contribution in [3.63, 3.8) is 0 Å². The zero-order chi connectivity index (χ0) is 9.19. The van der Waals surface area contributed by atoms with Crippen LogP contribution in [0.2, 0.25) is 0 Å². The third kappa shape index (κ3) is 1.61. The zero-order valence-electron chi connectivity index (χ0n) is 6.00. The van der Waals surface area contributed by atoms with Crippen molar-refractivity contribution in [1.29, 1.82) is 0 Å². The molecule has 0 saturated heterocycles. The van der Waals surface area contributed by atoms with E-state index >= 15 is 0 Å². The van der Waals surface area contributed by atoms with Crippen LogP contribution >= 0.6 is 0 Å². The molecule has 0 heterocycles. The van der Waals surface area contributed by atoms with Gasteiger partial charge in [0.2, 0.25) is 9.84 Å². The minimum Gasteiger partial charge on any atom is -0.233 e. The fraction of sp³-hybridized carbons (Fsp3) is 0.143. The van der Waals surface area contributed by atoms with Crippen LogP contribution in [0.3, 0.4) is 0 Å². The van der Waals surface area contributed by atoms with E-state index in [-0.39, 0.29) is 0 Å². The second-order valence-corrected chi connectivity index (χ2v) is 4.04. The maximum atomic E-state index is 12.7. The number of hydrogen-bond acceptors (Lipinski definition) is 2. The highest BCUT2D eigenvalue weighted by Gasteiger charge is 2.17. The Morgan fingerprint density at radius 2 is 1.83 bits per heavy atom. The molecule has 0 unspecified atom stereocenters. The molecule has 0 radical (unpaired) electrons. The fourth-order valence-corrected chi connectivity index (χ4v) is 1.52. The Labute approximate surface area is 68.8 Å². The van der Waals surface area contributed by atoms with E-state index in [1.807, 2.05) is 0 Å². The standard InChI is InChI=1S/C7H6F2O2S/c8-5-12(10,11)7-4-2-1-3-6(7)9/h1-4H,5H2. The maximum Gasteiger partial charge on any atom is 0.210 e. The van der Waals surface area contributed by atoms with E-state index in [2.05, 4.69) is 0 Å². The van der Waals surface area contributed by atoms with Crippen LogP contribution in [-0.2, 0) is 9.84 Å². The molecule has 0 spiro atoms.